The summed E-state index contributed by atoms with van der Waals surface area (Å²) in [6.07, 6.45) is 2.86. The summed E-state index contributed by atoms with van der Waals surface area (Å²) in [6.45, 7) is 2.63. The van der Waals surface area contributed by atoms with Crippen molar-refractivity contribution < 1.29 is 22.8 Å². The van der Waals surface area contributed by atoms with E-state index in [1.54, 1.807) is 6.92 Å². The van der Waals surface area contributed by atoms with Crippen LogP contribution in [0.15, 0.2) is 69.0 Å². The molecule has 2 aromatic rings. The lowest BCUT2D eigenvalue weighted by Crippen LogP contribution is -2.34. The molecule has 154 valence electrons. The van der Waals surface area contributed by atoms with Crippen molar-refractivity contribution in [3.63, 3.8) is 0 Å². The second-order valence-corrected chi connectivity index (χ2v) is 7.89. The Bertz CT molecular complexity index is 1160. The highest BCUT2D eigenvalue weighted by Gasteiger charge is 2.38. The highest BCUT2D eigenvalue weighted by atomic mass is 32.2. The predicted octanol–water partition coefficient (Wildman–Crippen LogP) is 1.42. The van der Waals surface area contributed by atoms with Gasteiger partial charge in [0.1, 0.15) is 0 Å². The van der Waals surface area contributed by atoms with Crippen molar-refractivity contribution in [3.05, 3.63) is 54.4 Å². The smallest absolute Gasteiger partial charge is 0.274 e. The molecule has 0 spiro atoms. The van der Waals surface area contributed by atoms with Crippen LogP contribution in [0.1, 0.15) is 24.2 Å². The van der Waals surface area contributed by atoms with Crippen LogP contribution in [-0.2, 0) is 19.6 Å². The first-order valence-corrected chi connectivity index (χ1v) is 10.0. The van der Waals surface area contributed by atoms with E-state index in [0.717, 1.165) is 11.9 Å². The average molecular weight is 428 g/mol. The molecule has 1 aliphatic heterocycles. The highest BCUT2D eigenvalue weighted by Crippen LogP contribution is 2.20. The van der Waals surface area contributed by atoms with E-state index in [1.165, 1.54) is 48.8 Å². The molecule has 11 nitrogen and oxygen atoms in total. The van der Waals surface area contributed by atoms with E-state index in [9.17, 15) is 22.8 Å². The first-order valence-electron chi connectivity index (χ1n) is 8.57. The molecular weight excluding hydrogens is 412 g/mol. The van der Waals surface area contributed by atoms with E-state index in [2.05, 4.69) is 20.3 Å². The Morgan fingerprint density at radius 1 is 1.10 bits per heavy atom. The zero-order valence-corrected chi connectivity index (χ0v) is 16.7. The molecule has 1 aliphatic rings. The van der Waals surface area contributed by atoms with Crippen molar-refractivity contribution >= 4 is 39.1 Å². The average Bonchev–Trinajstić information content (AvgIpc) is 2.99. The number of nitrogens with one attached hydrogen (secondary N) is 1. The number of aromatic nitrogens is 1. The summed E-state index contributed by atoms with van der Waals surface area (Å²) < 4.78 is 25.7. The number of carbonyl (C=O) groups is 3. The van der Waals surface area contributed by atoms with Crippen molar-refractivity contribution in [2.24, 2.45) is 15.3 Å². The molecule has 0 radical (unpaired) electrons. The van der Waals surface area contributed by atoms with Gasteiger partial charge in [-0.15, -0.1) is 0 Å². The maximum Gasteiger partial charge on any atom is 0.282 e. The summed E-state index contributed by atoms with van der Waals surface area (Å²) in [5.74, 6) is -1.96. The van der Waals surface area contributed by atoms with Gasteiger partial charge in [-0.1, -0.05) is 0 Å². The molecule has 0 saturated carbocycles. The third kappa shape index (κ3) is 4.43. The Kier molecular flexibility index (Phi) is 5.78. The van der Waals surface area contributed by atoms with Crippen LogP contribution in [0.4, 0.5) is 5.69 Å². The van der Waals surface area contributed by atoms with Crippen LogP contribution in [-0.4, -0.2) is 47.9 Å². The molecule has 0 aliphatic carbocycles. The summed E-state index contributed by atoms with van der Waals surface area (Å²) in [5.41, 5.74) is 0.816. The van der Waals surface area contributed by atoms with Gasteiger partial charge in [-0.05, 0) is 43.3 Å². The summed E-state index contributed by atoms with van der Waals surface area (Å²) in [4.78, 5) is 39.7. The van der Waals surface area contributed by atoms with E-state index >= 15 is 0 Å². The van der Waals surface area contributed by atoms with Crippen LogP contribution in [0, 0.1) is 0 Å². The lowest BCUT2D eigenvalue weighted by molar-refractivity contribution is -0.127. The van der Waals surface area contributed by atoms with Gasteiger partial charge in [0.25, 0.3) is 21.8 Å². The fraction of sp³-hybridized carbons (Fsp3) is 0.167. The summed E-state index contributed by atoms with van der Waals surface area (Å²) >= 11 is 0. The standard InChI is InChI=1S/C18H16N6O5S/c1-11-16(18(27)24(22-11)17(26)13-7-9-19-10-8-13)21-20-14-3-5-15(6-4-14)30(28,29)23-12(2)25/h3-10,16H,1-2H3,(H,23,25)/t16-/m1/s1. The Balaban J connectivity index is 1.74. The number of hydrogen-bond acceptors (Lipinski definition) is 9. The van der Waals surface area contributed by atoms with Gasteiger partial charge in [0.15, 0.2) is 6.04 Å². The molecule has 12 heteroatoms. The first kappa shape index (κ1) is 20.9. The Hall–Kier alpha value is -3.80. The Morgan fingerprint density at radius 3 is 2.33 bits per heavy atom. The number of hydrazone groups is 1. The van der Waals surface area contributed by atoms with E-state index in [1.807, 2.05) is 4.72 Å². The van der Waals surface area contributed by atoms with E-state index < -0.39 is 33.8 Å². The van der Waals surface area contributed by atoms with Crippen molar-refractivity contribution in [2.45, 2.75) is 24.8 Å². The number of carbonyl (C=O) groups excluding carboxylic acids is 3. The molecule has 1 aromatic carbocycles. The number of hydrogen-bond donors (Lipinski definition) is 1. The molecule has 0 bridgehead atoms. The second kappa shape index (κ2) is 8.29. The normalized spacial score (nSPS) is 16.6. The first-order chi connectivity index (χ1) is 14.2. The monoisotopic (exact) mass is 428 g/mol. The lowest BCUT2D eigenvalue weighted by Gasteiger charge is -2.10. The molecule has 1 aromatic heterocycles. The number of imide groups is 1. The quantitative estimate of drug-likeness (QED) is 0.562. The van der Waals surface area contributed by atoms with Gasteiger partial charge in [0.05, 0.1) is 16.3 Å². The van der Waals surface area contributed by atoms with Crippen LogP contribution in [0.2, 0.25) is 0 Å². The maximum atomic E-state index is 12.5. The van der Waals surface area contributed by atoms with Crippen molar-refractivity contribution in [1.82, 2.24) is 14.7 Å². The Morgan fingerprint density at radius 2 is 1.73 bits per heavy atom. The highest BCUT2D eigenvalue weighted by molar-refractivity contribution is 7.90. The van der Waals surface area contributed by atoms with Gasteiger partial charge in [-0.2, -0.15) is 20.3 Å². The van der Waals surface area contributed by atoms with Crippen molar-refractivity contribution in [1.29, 1.82) is 0 Å². The second-order valence-electron chi connectivity index (χ2n) is 6.21. The maximum absolute atomic E-state index is 12.5. The molecule has 1 N–H and O–H groups in total. The fourth-order valence-corrected chi connectivity index (χ4v) is 3.51. The van der Waals surface area contributed by atoms with Gasteiger partial charge >= 0.3 is 0 Å². The molecular formula is C18H16N6O5S. The zero-order valence-electron chi connectivity index (χ0n) is 15.9. The number of benzene rings is 1. The van der Waals surface area contributed by atoms with Crippen LogP contribution in [0.5, 0.6) is 0 Å². The van der Waals surface area contributed by atoms with Gasteiger partial charge in [0.2, 0.25) is 5.91 Å². The minimum atomic E-state index is -3.96. The predicted molar refractivity (Wildman–Crippen MR) is 104 cm³/mol. The molecule has 30 heavy (non-hydrogen) atoms. The summed E-state index contributed by atoms with van der Waals surface area (Å²) in [5, 5.41) is 12.6. The fourth-order valence-electron chi connectivity index (χ4n) is 2.52. The molecule has 1 atom stereocenters. The molecule has 2 heterocycles. The molecule has 3 rings (SSSR count). The number of sulfonamides is 1. The summed E-state index contributed by atoms with van der Waals surface area (Å²) in [6, 6.07) is 7.08. The number of rotatable bonds is 5. The largest absolute Gasteiger partial charge is 0.282 e. The molecule has 0 unspecified atom stereocenters. The molecule has 3 amide bonds. The van der Waals surface area contributed by atoms with E-state index in [4.69, 9.17) is 0 Å². The zero-order chi connectivity index (χ0) is 21.9. The lowest BCUT2D eigenvalue weighted by atomic mass is 10.2. The molecule has 0 saturated heterocycles. The third-order valence-corrected chi connectivity index (χ3v) is 5.38. The number of nitrogens with zero attached hydrogens (tertiary/aromatic N) is 5. The van der Waals surface area contributed by atoms with Gasteiger partial charge in [-0.25, -0.2) is 13.1 Å². The Labute approximate surface area is 171 Å². The SMILES string of the molecule is CC(=O)NS(=O)(=O)c1ccc(N=N[C@H]2C(=O)N(C(=O)c3ccncc3)N=C2C)cc1. The van der Waals surface area contributed by atoms with E-state index in [-0.39, 0.29) is 21.9 Å². The van der Waals surface area contributed by atoms with E-state index in [0.29, 0.717) is 0 Å². The van der Waals surface area contributed by atoms with Crippen molar-refractivity contribution in [3.8, 4) is 0 Å². The molecule has 0 fully saturated rings. The number of amides is 3. The van der Waals surface area contributed by atoms with Gasteiger partial charge in [0, 0.05) is 24.9 Å². The van der Waals surface area contributed by atoms with Gasteiger partial charge < -0.3 is 0 Å². The third-order valence-electron chi connectivity index (χ3n) is 3.93. The number of azo groups is 1. The van der Waals surface area contributed by atoms with Crippen LogP contribution < -0.4 is 4.72 Å². The van der Waals surface area contributed by atoms with Crippen LogP contribution >= 0.6 is 0 Å². The topological polar surface area (TPSA) is 151 Å². The van der Waals surface area contributed by atoms with Gasteiger partial charge in [-0.3, -0.25) is 19.4 Å². The van der Waals surface area contributed by atoms with Crippen molar-refractivity contribution in [2.75, 3.05) is 0 Å². The number of pyridine rings is 1. The minimum absolute atomic E-state index is 0.125. The van der Waals surface area contributed by atoms with Crippen LogP contribution in [0.25, 0.3) is 0 Å². The minimum Gasteiger partial charge on any atom is -0.274 e. The van der Waals surface area contributed by atoms with Crippen LogP contribution in [0.3, 0.4) is 0 Å². The summed E-state index contributed by atoms with van der Waals surface area (Å²) in [7, 11) is -3.96.